The highest BCUT2D eigenvalue weighted by Crippen LogP contribution is 2.30. The van der Waals surface area contributed by atoms with Crippen LogP contribution in [-0.4, -0.2) is 51.9 Å². The van der Waals surface area contributed by atoms with E-state index in [2.05, 4.69) is 22.2 Å². The van der Waals surface area contributed by atoms with Crippen LogP contribution < -0.4 is 5.32 Å². The van der Waals surface area contributed by atoms with Crippen molar-refractivity contribution in [2.45, 2.75) is 63.8 Å². The summed E-state index contributed by atoms with van der Waals surface area (Å²) in [5.74, 6) is -0.287. The van der Waals surface area contributed by atoms with E-state index in [1.807, 2.05) is 41.1 Å². The molecule has 5 rings (SSSR count). The van der Waals surface area contributed by atoms with Crippen LogP contribution in [0.2, 0.25) is 0 Å². The number of para-hydroxylation sites is 1. The molecule has 2 aromatic carbocycles. The van der Waals surface area contributed by atoms with E-state index in [-0.39, 0.29) is 29.8 Å². The lowest BCUT2D eigenvalue weighted by Crippen LogP contribution is -2.60. The number of fused-ring (bicyclic) bond motifs is 3. The minimum atomic E-state index is -0.169. The minimum absolute atomic E-state index is 0.0489. The second kappa shape index (κ2) is 9.61. The summed E-state index contributed by atoms with van der Waals surface area (Å²) in [6, 6.07) is 15.2. The van der Waals surface area contributed by atoms with E-state index in [0.717, 1.165) is 43.1 Å². The maximum atomic E-state index is 14.2. The first kappa shape index (κ1) is 22.0. The van der Waals surface area contributed by atoms with E-state index in [1.54, 1.807) is 6.07 Å². The normalized spacial score (nSPS) is 23.0. The van der Waals surface area contributed by atoms with Gasteiger partial charge in [-0.15, -0.1) is 0 Å². The quantitative estimate of drug-likeness (QED) is 0.588. The zero-order chi connectivity index (χ0) is 22.8. The molecule has 2 bridgehead atoms. The van der Waals surface area contributed by atoms with Crippen molar-refractivity contribution in [3.05, 3.63) is 65.6 Å². The number of amides is 1. The second-order valence-corrected chi connectivity index (χ2v) is 9.19. The van der Waals surface area contributed by atoms with Gasteiger partial charge in [-0.25, -0.2) is 4.39 Å². The van der Waals surface area contributed by atoms with Crippen molar-refractivity contribution < 1.29 is 13.9 Å². The number of piperidine rings is 1. The highest BCUT2D eigenvalue weighted by atomic mass is 19.1. The molecule has 2 aliphatic rings. The molecule has 1 unspecified atom stereocenters. The number of aryl methyl sites for hydroxylation is 1. The SMILES string of the molecule is CCCCn1nc(C(=O)NC2C[C@H]3COC[C@@H](C2)N3Cc2ccccc2F)c2ccccc21. The molecule has 0 spiro atoms. The maximum absolute atomic E-state index is 14.2. The number of halogens is 1. The molecule has 6 nitrogen and oxygen atoms in total. The summed E-state index contributed by atoms with van der Waals surface area (Å²) in [6.45, 7) is 4.73. The van der Waals surface area contributed by atoms with Gasteiger partial charge in [0.15, 0.2) is 5.69 Å². The highest BCUT2D eigenvalue weighted by Gasteiger charge is 2.40. The Kier molecular flexibility index (Phi) is 6.42. The zero-order valence-electron chi connectivity index (χ0n) is 19.0. The van der Waals surface area contributed by atoms with Gasteiger partial charge in [0, 0.05) is 42.2 Å². The van der Waals surface area contributed by atoms with Gasteiger partial charge in [-0.3, -0.25) is 14.4 Å². The third-order valence-electron chi connectivity index (χ3n) is 6.91. The van der Waals surface area contributed by atoms with Gasteiger partial charge in [0.1, 0.15) is 5.82 Å². The van der Waals surface area contributed by atoms with Crippen molar-refractivity contribution in [3.8, 4) is 0 Å². The fraction of sp³-hybridized carbons (Fsp3) is 0.462. The molecule has 2 fully saturated rings. The molecule has 3 aromatic rings. The van der Waals surface area contributed by atoms with Gasteiger partial charge < -0.3 is 10.1 Å². The Morgan fingerprint density at radius 1 is 1.12 bits per heavy atom. The molecule has 33 heavy (non-hydrogen) atoms. The van der Waals surface area contributed by atoms with Gasteiger partial charge in [-0.1, -0.05) is 49.7 Å². The fourth-order valence-corrected chi connectivity index (χ4v) is 5.22. The highest BCUT2D eigenvalue weighted by molar-refractivity contribution is 6.05. The predicted octanol–water partition coefficient (Wildman–Crippen LogP) is 4.14. The van der Waals surface area contributed by atoms with Crippen molar-refractivity contribution in [3.63, 3.8) is 0 Å². The lowest BCUT2D eigenvalue weighted by Gasteiger charge is -2.48. The number of hydrogen-bond acceptors (Lipinski definition) is 4. The first-order chi connectivity index (χ1) is 16.1. The maximum Gasteiger partial charge on any atom is 0.272 e. The molecule has 0 aliphatic carbocycles. The number of morpholine rings is 1. The third kappa shape index (κ3) is 4.52. The van der Waals surface area contributed by atoms with E-state index >= 15 is 0 Å². The summed E-state index contributed by atoms with van der Waals surface area (Å²) < 4.78 is 22.0. The van der Waals surface area contributed by atoms with Gasteiger partial charge in [0.2, 0.25) is 0 Å². The van der Waals surface area contributed by atoms with Crippen molar-refractivity contribution in [1.82, 2.24) is 20.0 Å². The Hall–Kier alpha value is -2.77. The summed E-state index contributed by atoms with van der Waals surface area (Å²) in [5, 5.41) is 8.82. The van der Waals surface area contributed by atoms with Crippen molar-refractivity contribution in [1.29, 1.82) is 0 Å². The molecule has 174 valence electrons. The summed E-state index contributed by atoms with van der Waals surface area (Å²) in [5.41, 5.74) is 2.21. The molecule has 0 saturated carbocycles. The Balaban J connectivity index is 1.30. The Morgan fingerprint density at radius 3 is 2.61 bits per heavy atom. The van der Waals surface area contributed by atoms with E-state index in [4.69, 9.17) is 4.74 Å². The first-order valence-electron chi connectivity index (χ1n) is 12.0. The van der Waals surface area contributed by atoms with Crippen LogP contribution in [0.5, 0.6) is 0 Å². The number of rotatable bonds is 7. The van der Waals surface area contributed by atoms with Crippen LogP contribution in [0.1, 0.15) is 48.7 Å². The standard InChI is InChI=1S/C26H31FN4O2/c1-2-3-12-31-24-11-7-5-9-22(24)25(29-31)26(32)28-19-13-20-16-33-17-21(14-19)30(20)15-18-8-4-6-10-23(18)27/h4-11,19-21H,2-3,12-17H2,1H3,(H,28,32)/t19?,20-,21+. The average molecular weight is 451 g/mol. The van der Waals surface area contributed by atoms with E-state index in [0.29, 0.717) is 31.0 Å². The summed E-state index contributed by atoms with van der Waals surface area (Å²) in [6.07, 6.45) is 3.67. The van der Waals surface area contributed by atoms with Crippen LogP contribution in [0.4, 0.5) is 4.39 Å². The number of unbranched alkanes of at least 4 members (excludes halogenated alkanes) is 1. The summed E-state index contributed by atoms with van der Waals surface area (Å²) >= 11 is 0. The van der Waals surface area contributed by atoms with Gasteiger partial charge >= 0.3 is 0 Å². The molecule has 0 radical (unpaired) electrons. The molecule has 2 aliphatic heterocycles. The smallest absolute Gasteiger partial charge is 0.272 e. The third-order valence-corrected chi connectivity index (χ3v) is 6.91. The van der Waals surface area contributed by atoms with Crippen LogP contribution in [0.15, 0.2) is 48.5 Å². The van der Waals surface area contributed by atoms with Gasteiger partial charge in [0.25, 0.3) is 5.91 Å². The molecular formula is C26H31FN4O2. The number of nitrogens with one attached hydrogen (secondary N) is 1. The largest absolute Gasteiger partial charge is 0.378 e. The van der Waals surface area contributed by atoms with Crippen molar-refractivity contribution in [2.24, 2.45) is 0 Å². The molecule has 1 amide bonds. The Morgan fingerprint density at radius 2 is 1.85 bits per heavy atom. The van der Waals surface area contributed by atoms with Crippen LogP contribution in [0.3, 0.4) is 0 Å². The van der Waals surface area contributed by atoms with Crippen molar-refractivity contribution >= 4 is 16.8 Å². The lowest BCUT2D eigenvalue weighted by molar-refractivity contribution is -0.0846. The Labute approximate surface area is 193 Å². The number of carbonyl (C=O) groups excluding carboxylic acids is 1. The molecule has 2 saturated heterocycles. The van der Waals surface area contributed by atoms with Gasteiger partial charge in [-0.05, 0) is 31.4 Å². The van der Waals surface area contributed by atoms with E-state index in [9.17, 15) is 9.18 Å². The average Bonchev–Trinajstić information content (AvgIpc) is 3.18. The molecule has 3 atom stereocenters. The van der Waals surface area contributed by atoms with E-state index < -0.39 is 0 Å². The zero-order valence-corrected chi connectivity index (χ0v) is 19.0. The second-order valence-electron chi connectivity index (χ2n) is 9.19. The van der Waals surface area contributed by atoms with Crippen molar-refractivity contribution in [2.75, 3.05) is 13.2 Å². The number of hydrogen-bond donors (Lipinski definition) is 1. The number of ether oxygens (including phenoxy) is 1. The van der Waals surface area contributed by atoms with Crippen LogP contribution in [0.25, 0.3) is 10.9 Å². The molecule has 1 N–H and O–H groups in total. The van der Waals surface area contributed by atoms with Gasteiger partial charge in [0.05, 0.1) is 18.7 Å². The van der Waals surface area contributed by atoms with Crippen LogP contribution >= 0.6 is 0 Å². The molecule has 3 heterocycles. The summed E-state index contributed by atoms with van der Waals surface area (Å²) in [4.78, 5) is 15.6. The van der Waals surface area contributed by atoms with E-state index in [1.165, 1.54) is 6.07 Å². The lowest BCUT2D eigenvalue weighted by atomic mass is 9.89. The monoisotopic (exact) mass is 450 g/mol. The number of carbonyl (C=O) groups is 1. The number of nitrogens with zero attached hydrogens (tertiary/aromatic N) is 3. The topological polar surface area (TPSA) is 59.4 Å². The predicted molar refractivity (Wildman–Crippen MR) is 125 cm³/mol. The van der Waals surface area contributed by atoms with Crippen LogP contribution in [0, 0.1) is 5.82 Å². The number of aromatic nitrogens is 2. The van der Waals surface area contributed by atoms with Gasteiger partial charge in [-0.2, -0.15) is 5.10 Å². The molecule has 7 heteroatoms. The first-order valence-corrected chi connectivity index (χ1v) is 12.0. The molecule has 1 aromatic heterocycles. The minimum Gasteiger partial charge on any atom is -0.378 e. The summed E-state index contributed by atoms with van der Waals surface area (Å²) in [7, 11) is 0. The number of benzene rings is 2. The van der Waals surface area contributed by atoms with Crippen LogP contribution in [-0.2, 0) is 17.8 Å². The Bertz CT molecular complexity index is 1120. The molecular weight excluding hydrogens is 419 g/mol. The fourth-order valence-electron chi connectivity index (χ4n) is 5.22.